The molecule has 0 atom stereocenters. The quantitative estimate of drug-likeness (QED) is 0.300. The van der Waals surface area contributed by atoms with Crippen molar-refractivity contribution in [1.29, 1.82) is 0 Å². The highest BCUT2D eigenvalue weighted by molar-refractivity contribution is 7.92. The van der Waals surface area contributed by atoms with Crippen LogP contribution in [0.25, 0.3) is 22.2 Å². The van der Waals surface area contributed by atoms with Crippen molar-refractivity contribution in [2.24, 2.45) is 0 Å². The zero-order valence-electron chi connectivity index (χ0n) is 21.8. The van der Waals surface area contributed by atoms with Gasteiger partial charge in [-0.1, -0.05) is 6.07 Å². The van der Waals surface area contributed by atoms with Gasteiger partial charge in [-0.05, 0) is 61.7 Å². The van der Waals surface area contributed by atoms with Crippen LogP contribution < -0.4 is 15.2 Å². The number of rotatable bonds is 9. The van der Waals surface area contributed by atoms with E-state index in [1.54, 1.807) is 0 Å². The summed E-state index contributed by atoms with van der Waals surface area (Å²) in [6.07, 6.45) is 2.75. The molecule has 1 saturated heterocycles. The van der Waals surface area contributed by atoms with E-state index in [4.69, 9.17) is 10.5 Å². The Balaban J connectivity index is 1.40. The fourth-order valence-corrected chi connectivity index (χ4v) is 5.98. The molecule has 3 N–H and O–H groups in total. The average molecular weight is 575 g/mol. The predicted molar refractivity (Wildman–Crippen MR) is 146 cm³/mol. The molecule has 0 bridgehead atoms. The number of sulfonamides is 1. The summed E-state index contributed by atoms with van der Waals surface area (Å²) in [5.41, 5.74) is 8.96. The van der Waals surface area contributed by atoms with Crippen LogP contribution in [0.1, 0.15) is 19.3 Å². The third-order valence-corrected chi connectivity index (χ3v) is 8.36. The number of hydrogen-bond donors (Lipinski definition) is 2. The van der Waals surface area contributed by atoms with Crippen LogP contribution in [-0.4, -0.2) is 60.8 Å². The molecule has 5 rings (SSSR count). The van der Waals surface area contributed by atoms with Crippen LogP contribution >= 0.6 is 0 Å². The number of nitrogen functional groups attached to an aromatic ring is 1. The highest BCUT2D eigenvalue weighted by atomic mass is 32.2. The number of fused-ring (bicyclic) bond motifs is 1. The molecule has 0 unspecified atom stereocenters. The second kappa shape index (κ2) is 11.3. The van der Waals surface area contributed by atoms with Crippen molar-refractivity contribution in [2.75, 3.05) is 37.2 Å². The number of hydrogen-bond acceptors (Lipinski definition) is 7. The number of nitrogens with two attached hydrogens (primary N) is 1. The molecular weight excluding hydrogens is 545 g/mol. The number of piperidine rings is 1. The summed E-state index contributed by atoms with van der Waals surface area (Å²) in [5.74, 6) is -1.77. The summed E-state index contributed by atoms with van der Waals surface area (Å²) in [6.45, 7) is 2.94. The van der Waals surface area contributed by atoms with Crippen LogP contribution in [0.3, 0.4) is 0 Å². The minimum absolute atomic E-state index is 0.0195. The van der Waals surface area contributed by atoms with Gasteiger partial charge in [0.2, 0.25) is 11.8 Å². The van der Waals surface area contributed by atoms with E-state index in [0.717, 1.165) is 43.7 Å². The third-order valence-electron chi connectivity index (χ3n) is 6.96. The SMILES string of the molecule is COc1ncc(-c2ccc3nc(N)n(CCCN4CCC(F)CC4)c3c2)cc1NS(=O)(=O)c1ccc(F)cc1F. The number of nitrogens with zero attached hydrogens (tertiary/aromatic N) is 4. The number of halogens is 3. The van der Waals surface area contributed by atoms with Crippen LogP contribution in [-0.2, 0) is 16.6 Å². The molecule has 0 saturated carbocycles. The van der Waals surface area contributed by atoms with Crippen LogP contribution in [0.4, 0.5) is 24.8 Å². The molecule has 0 radical (unpaired) electrons. The topological polar surface area (TPSA) is 115 Å². The zero-order chi connectivity index (χ0) is 28.4. The van der Waals surface area contributed by atoms with Crippen molar-refractivity contribution < 1.29 is 26.3 Å². The lowest BCUT2D eigenvalue weighted by atomic mass is 10.1. The van der Waals surface area contributed by atoms with Crippen molar-refractivity contribution in [1.82, 2.24) is 19.4 Å². The van der Waals surface area contributed by atoms with Gasteiger partial charge in [-0.2, -0.15) is 0 Å². The van der Waals surface area contributed by atoms with Crippen molar-refractivity contribution in [3.8, 4) is 17.0 Å². The third kappa shape index (κ3) is 5.85. The largest absolute Gasteiger partial charge is 0.480 e. The van der Waals surface area contributed by atoms with Gasteiger partial charge in [0.15, 0.2) is 0 Å². The van der Waals surface area contributed by atoms with Gasteiger partial charge in [-0.3, -0.25) is 4.72 Å². The van der Waals surface area contributed by atoms with Gasteiger partial charge in [0.1, 0.15) is 28.4 Å². The highest BCUT2D eigenvalue weighted by Crippen LogP contribution is 2.32. The number of likely N-dealkylation sites (tertiary alicyclic amines) is 1. The van der Waals surface area contributed by atoms with E-state index in [0.29, 0.717) is 48.0 Å². The summed E-state index contributed by atoms with van der Waals surface area (Å²) in [6, 6.07) is 9.22. The first kappa shape index (κ1) is 27.7. The summed E-state index contributed by atoms with van der Waals surface area (Å²) in [5, 5.41) is 0. The molecule has 40 heavy (non-hydrogen) atoms. The normalized spacial score (nSPS) is 15.0. The number of ether oxygens (including phenoxy) is 1. The zero-order valence-corrected chi connectivity index (χ0v) is 22.6. The lowest BCUT2D eigenvalue weighted by Crippen LogP contribution is -2.35. The van der Waals surface area contributed by atoms with E-state index >= 15 is 0 Å². The molecule has 9 nitrogen and oxygen atoms in total. The van der Waals surface area contributed by atoms with Gasteiger partial charge in [0, 0.05) is 37.5 Å². The Morgan fingerprint density at radius 2 is 1.85 bits per heavy atom. The van der Waals surface area contributed by atoms with Crippen LogP contribution in [0.15, 0.2) is 53.6 Å². The Kier molecular flexibility index (Phi) is 7.86. The minimum Gasteiger partial charge on any atom is -0.480 e. The summed E-state index contributed by atoms with van der Waals surface area (Å²) < 4.78 is 76.2. The molecule has 0 spiro atoms. The highest BCUT2D eigenvalue weighted by Gasteiger charge is 2.23. The van der Waals surface area contributed by atoms with E-state index in [-0.39, 0.29) is 11.6 Å². The number of alkyl halides is 1. The predicted octanol–water partition coefficient (Wildman–Crippen LogP) is 4.59. The molecule has 2 aromatic carbocycles. The average Bonchev–Trinajstić information content (AvgIpc) is 3.23. The summed E-state index contributed by atoms with van der Waals surface area (Å²) >= 11 is 0. The van der Waals surface area contributed by atoms with Crippen LogP contribution in [0.5, 0.6) is 5.88 Å². The fourth-order valence-electron chi connectivity index (χ4n) is 4.87. The second-order valence-electron chi connectivity index (χ2n) is 9.66. The molecule has 212 valence electrons. The summed E-state index contributed by atoms with van der Waals surface area (Å²) in [7, 11) is -3.10. The van der Waals surface area contributed by atoms with Crippen molar-refractivity contribution >= 4 is 32.7 Å². The van der Waals surface area contributed by atoms with E-state index in [1.165, 1.54) is 19.4 Å². The van der Waals surface area contributed by atoms with Crippen LogP contribution in [0, 0.1) is 11.6 Å². The molecule has 0 aliphatic carbocycles. The first-order chi connectivity index (χ1) is 19.1. The number of nitrogens with one attached hydrogen (secondary N) is 1. The van der Waals surface area contributed by atoms with Gasteiger partial charge < -0.3 is 19.9 Å². The molecule has 3 heterocycles. The number of benzene rings is 2. The number of pyridine rings is 1. The van der Waals surface area contributed by atoms with E-state index < -0.39 is 32.7 Å². The van der Waals surface area contributed by atoms with Gasteiger partial charge in [-0.15, -0.1) is 0 Å². The lowest BCUT2D eigenvalue weighted by molar-refractivity contribution is 0.148. The van der Waals surface area contributed by atoms with Gasteiger partial charge in [0.25, 0.3) is 10.0 Å². The Labute approximate surface area is 229 Å². The Bertz CT molecular complexity index is 1640. The minimum atomic E-state index is -4.42. The Morgan fingerprint density at radius 1 is 1.07 bits per heavy atom. The molecule has 13 heteroatoms. The summed E-state index contributed by atoms with van der Waals surface area (Å²) in [4.78, 5) is 10.2. The molecular formula is C27H29F3N6O3S. The maximum absolute atomic E-state index is 14.2. The first-order valence-electron chi connectivity index (χ1n) is 12.8. The standard InChI is InChI=1S/C27H29F3N6O3S/c1-39-26-23(34-40(37,38)25-6-4-20(29)15-21(25)30)13-18(16-32-26)17-3-5-22-24(14-17)36(27(31)33-22)10-2-9-35-11-7-19(28)8-12-35/h3-6,13-16,19,34H,2,7-12H2,1H3,(H2,31,33). The van der Waals surface area contributed by atoms with Gasteiger partial charge in [0.05, 0.1) is 18.1 Å². The maximum Gasteiger partial charge on any atom is 0.264 e. The Hall–Kier alpha value is -3.84. The Morgan fingerprint density at radius 3 is 2.58 bits per heavy atom. The number of aromatic nitrogens is 3. The first-order valence-corrected chi connectivity index (χ1v) is 14.3. The fraction of sp³-hybridized carbons (Fsp3) is 0.333. The molecule has 0 amide bonds. The lowest BCUT2D eigenvalue weighted by Gasteiger charge is -2.28. The number of aryl methyl sites for hydroxylation is 1. The monoisotopic (exact) mass is 574 g/mol. The van der Waals surface area contributed by atoms with E-state index in [9.17, 15) is 21.6 Å². The van der Waals surface area contributed by atoms with E-state index in [1.807, 2.05) is 22.8 Å². The van der Waals surface area contributed by atoms with E-state index in [2.05, 4.69) is 19.6 Å². The molecule has 1 aliphatic heterocycles. The van der Waals surface area contributed by atoms with Crippen molar-refractivity contribution in [2.45, 2.75) is 36.9 Å². The smallest absolute Gasteiger partial charge is 0.264 e. The van der Waals surface area contributed by atoms with Gasteiger partial charge in [-0.25, -0.2) is 31.6 Å². The molecule has 1 fully saturated rings. The number of anilines is 2. The molecule has 2 aromatic heterocycles. The van der Waals surface area contributed by atoms with Crippen LogP contribution in [0.2, 0.25) is 0 Å². The van der Waals surface area contributed by atoms with Crippen molar-refractivity contribution in [3.05, 3.63) is 60.3 Å². The van der Waals surface area contributed by atoms with Gasteiger partial charge >= 0.3 is 0 Å². The van der Waals surface area contributed by atoms with Crippen molar-refractivity contribution in [3.63, 3.8) is 0 Å². The maximum atomic E-state index is 14.2. The molecule has 4 aromatic rings. The number of methoxy groups -OCH3 is 1. The number of imidazole rings is 1. The second-order valence-corrected chi connectivity index (χ2v) is 11.3. The molecule has 1 aliphatic rings.